The quantitative estimate of drug-likeness (QED) is 0.838. The Morgan fingerprint density at radius 2 is 1.95 bits per heavy atom. The molecule has 1 amide bonds. The number of rotatable bonds is 6. The first-order valence-electron chi connectivity index (χ1n) is 6.99. The summed E-state index contributed by atoms with van der Waals surface area (Å²) in [6.07, 6.45) is 0. The number of carbonyl (C=O) groups excluding carboxylic acids is 1. The fraction of sp³-hybridized carbons (Fsp3) is 0.235. The number of carbonyl (C=O) groups is 1. The highest BCUT2D eigenvalue weighted by Crippen LogP contribution is 2.18. The summed E-state index contributed by atoms with van der Waals surface area (Å²) in [4.78, 5) is 12.2. The number of ether oxygens (including phenoxy) is 1. The van der Waals surface area contributed by atoms with Crippen molar-refractivity contribution in [3.8, 4) is 0 Å². The summed E-state index contributed by atoms with van der Waals surface area (Å²) in [5.74, 6) is -0.761. The first-order chi connectivity index (χ1) is 10.6. The van der Waals surface area contributed by atoms with Gasteiger partial charge in [0.05, 0.1) is 12.2 Å². The van der Waals surface area contributed by atoms with Crippen molar-refractivity contribution in [1.29, 1.82) is 0 Å². The Labute approximate surface area is 137 Å². The third kappa shape index (κ3) is 4.39. The molecule has 0 fully saturated rings. The van der Waals surface area contributed by atoms with E-state index >= 15 is 0 Å². The van der Waals surface area contributed by atoms with E-state index in [2.05, 4.69) is 21.2 Å². The number of benzene rings is 2. The van der Waals surface area contributed by atoms with Crippen molar-refractivity contribution in [3.05, 3.63) is 69.4 Å². The number of hydrogen-bond acceptors (Lipinski definition) is 2. The maximum absolute atomic E-state index is 13.3. The van der Waals surface area contributed by atoms with E-state index in [1.165, 1.54) is 18.2 Å². The predicted molar refractivity (Wildman–Crippen MR) is 87.0 cm³/mol. The summed E-state index contributed by atoms with van der Waals surface area (Å²) in [6, 6.07) is 11.8. The SMILES string of the molecule is CCOCc1ccccc1CNC(=O)c1cc(F)ccc1Br. The van der Waals surface area contributed by atoms with Crippen LogP contribution in [0.5, 0.6) is 0 Å². The van der Waals surface area contributed by atoms with E-state index in [-0.39, 0.29) is 11.5 Å². The van der Waals surface area contributed by atoms with E-state index in [1.807, 2.05) is 31.2 Å². The lowest BCUT2D eigenvalue weighted by atomic mass is 10.1. The molecule has 0 aliphatic heterocycles. The fourth-order valence-corrected chi connectivity index (χ4v) is 2.45. The monoisotopic (exact) mass is 365 g/mol. The molecule has 0 unspecified atom stereocenters. The number of nitrogens with one attached hydrogen (secondary N) is 1. The Hall–Kier alpha value is -1.72. The van der Waals surface area contributed by atoms with Gasteiger partial charge in [-0.15, -0.1) is 0 Å². The molecule has 0 spiro atoms. The van der Waals surface area contributed by atoms with Crippen LogP contribution in [0.1, 0.15) is 28.4 Å². The molecule has 5 heteroatoms. The van der Waals surface area contributed by atoms with Gasteiger partial charge in [0.2, 0.25) is 0 Å². The van der Waals surface area contributed by atoms with Crippen LogP contribution in [0, 0.1) is 5.82 Å². The number of hydrogen-bond donors (Lipinski definition) is 1. The summed E-state index contributed by atoms with van der Waals surface area (Å²) in [5, 5.41) is 2.81. The van der Waals surface area contributed by atoms with Gasteiger partial charge >= 0.3 is 0 Å². The largest absolute Gasteiger partial charge is 0.377 e. The second kappa shape index (κ2) is 8.06. The van der Waals surface area contributed by atoms with Crippen molar-refractivity contribution in [3.63, 3.8) is 0 Å². The van der Waals surface area contributed by atoms with Gasteiger partial charge < -0.3 is 10.1 Å². The molecule has 0 radical (unpaired) electrons. The standard InChI is InChI=1S/C17H17BrFNO2/c1-2-22-11-13-6-4-3-5-12(13)10-20-17(21)15-9-14(19)7-8-16(15)18/h3-9H,2,10-11H2,1H3,(H,20,21). The molecule has 2 aromatic carbocycles. The van der Waals surface area contributed by atoms with Crippen molar-refractivity contribution in [2.75, 3.05) is 6.61 Å². The maximum Gasteiger partial charge on any atom is 0.252 e. The van der Waals surface area contributed by atoms with Crippen LogP contribution in [0.25, 0.3) is 0 Å². The molecule has 0 atom stereocenters. The van der Waals surface area contributed by atoms with Crippen LogP contribution in [0.15, 0.2) is 46.9 Å². The topological polar surface area (TPSA) is 38.3 Å². The maximum atomic E-state index is 13.3. The minimum atomic E-state index is -0.440. The van der Waals surface area contributed by atoms with E-state index < -0.39 is 5.82 Å². The van der Waals surface area contributed by atoms with Crippen molar-refractivity contribution < 1.29 is 13.9 Å². The normalized spacial score (nSPS) is 10.5. The summed E-state index contributed by atoms with van der Waals surface area (Å²) in [6.45, 7) is 3.44. The van der Waals surface area contributed by atoms with Gasteiger partial charge in [0.15, 0.2) is 0 Å². The third-order valence-corrected chi connectivity index (χ3v) is 3.88. The van der Waals surface area contributed by atoms with Crippen LogP contribution >= 0.6 is 15.9 Å². The van der Waals surface area contributed by atoms with Gasteiger partial charge in [0.25, 0.3) is 5.91 Å². The second-order valence-electron chi connectivity index (χ2n) is 4.71. The van der Waals surface area contributed by atoms with E-state index in [4.69, 9.17) is 4.74 Å². The molecule has 2 rings (SSSR count). The highest BCUT2D eigenvalue weighted by atomic mass is 79.9. The molecule has 0 aromatic heterocycles. The van der Waals surface area contributed by atoms with E-state index in [1.54, 1.807) is 0 Å². The molecule has 0 saturated carbocycles. The summed E-state index contributed by atoms with van der Waals surface area (Å²) >= 11 is 3.26. The number of amides is 1. The van der Waals surface area contributed by atoms with Crippen LogP contribution in [0.3, 0.4) is 0 Å². The van der Waals surface area contributed by atoms with Crippen molar-refractivity contribution in [2.45, 2.75) is 20.1 Å². The van der Waals surface area contributed by atoms with Crippen molar-refractivity contribution in [1.82, 2.24) is 5.32 Å². The van der Waals surface area contributed by atoms with Gasteiger partial charge in [-0.2, -0.15) is 0 Å². The first-order valence-corrected chi connectivity index (χ1v) is 7.79. The van der Waals surface area contributed by atoms with Gasteiger partial charge in [-0.25, -0.2) is 4.39 Å². The van der Waals surface area contributed by atoms with Crippen LogP contribution in [-0.2, 0) is 17.9 Å². The summed E-state index contributed by atoms with van der Waals surface area (Å²) in [7, 11) is 0. The Balaban J connectivity index is 2.06. The molecular weight excluding hydrogens is 349 g/mol. The van der Waals surface area contributed by atoms with Crippen molar-refractivity contribution >= 4 is 21.8 Å². The molecule has 0 saturated heterocycles. The average molecular weight is 366 g/mol. The predicted octanol–water partition coefficient (Wildman–Crippen LogP) is 4.05. The molecule has 0 bridgehead atoms. The Morgan fingerprint density at radius 1 is 1.23 bits per heavy atom. The smallest absolute Gasteiger partial charge is 0.252 e. The Morgan fingerprint density at radius 3 is 2.68 bits per heavy atom. The Kier molecular flexibility index (Phi) is 6.10. The molecule has 1 N–H and O–H groups in total. The Bertz CT molecular complexity index is 661. The zero-order valence-corrected chi connectivity index (χ0v) is 13.8. The zero-order chi connectivity index (χ0) is 15.9. The molecule has 2 aromatic rings. The van der Waals surface area contributed by atoms with E-state index in [0.29, 0.717) is 24.2 Å². The van der Waals surface area contributed by atoms with Crippen LogP contribution < -0.4 is 5.32 Å². The molecule has 3 nitrogen and oxygen atoms in total. The molecule has 116 valence electrons. The third-order valence-electron chi connectivity index (χ3n) is 3.19. The van der Waals surface area contributed by atoms with E-state index in [0.717, 1.165) is 11.1 Å². The lowest BCUT2D eigenvalue weighted by Gasteiger charge is -2.11. The fourth-order valence-electron chi connectivity index (χ4n) is 2.03. The van der Waals surface area contributed by atoms with Gasteiger partial charge in [0.1, 0.15) is 5.82 Å². The van der Waals surface area contributed by atoms with Crippen LogP contribution in [-0.4, -0.2) is 12.5 Å². The number of halogens is 2. The highest BCUT2D eigenvalue weighted by molar-refractivity contribution is 9.10. The second-order valence-corrected chi connectivity index (χ2v) is 5.57. The molecule has 0 heterocycles. The lowest BCUT2D eigenvalue weighted by molar-refractivity contribution is 0.0948. The van der Waals surface area contributed by atoms with Crippen molar-refractivity contribution in [2.24, 2.45) is 0 Å². The van der Waals surface area contributed by atoms with Gasteiger partial charge in [-0.3, -0.25) is 4.79 Å². The minimum Gasteiger partial charge on any atom is -0.377 e. The zero-order valence-electron chi connectivity index (χ0n) is 12.2. The molecule has 0 aliphatic carbocycles. The summed E-state index contributed by atoms with van der Waals surface area (Å²) in [5.41, 5.74) is 2.29. The summed E-state index contributed by atoms with van der Waals surface area (Å²) < 4.78 is 19.2. The van der Waals surface area contributed by atoms with Gasteiger partial charge in [-0.05, 0) is 52.2 Å². The van der Waals surface area contributed by atoms with Gasteiger partial charge in [0, 0.05) is 17.6 Å². The average Bonchev–Trinajstić information content (AvgIpc) is 2.53. The first kappa shape index (κ1) is 16.6. The van der Waals surface area contributed by atoms with Gasteiger partial charge in [-0.1, -0.05) is 24.3 Å². The molecule has 0 aliphatic rings. The molecular formula is C17H17BrFNO2. The van der Waals surface area contributed by atoms with E-state index in [9.17, 15) is 9.18 Å². The lowest BCUT2D eigenvalue weighted by Crippen LogP contribution is -2.24. The van der Waals surface area contributed by atoms with Crippen LogP contribution in [0.4, 0.5) is 4.39 Å². The minimum absolute atomic E-state index is 0.280. The van der Waals surface area contributed by atoms with Crippen LogP contribution in [0.2, 0.25) is 0 Å². The molecule has 22 heavy (non-hydrogen) atoms. The highest BCUT2D eigenvalue weighted by Gasteiger charge is 2.11.